The molecule has 1 aromatic carbocycles. The predicted octanol–water partition coefficient (Wildman–Crippen LogP) is 3.04. The van der Waals surface area contributed by atoms with Crippen molar-refractivity contribution in [3.63, 3.8) is 0 Å². The number of hydrogen-bond acceptors (Lipinski definition) is 3. The lowest BCUT2D eigenvalue weighted by Gasteiger charge is -2.34. The molecule has 0 aliphatic carbocycles. The van der Waals surface area contributed by atoms with Crippen molar-refractivity contribution in [2.75, 3.05) is 25.0 Å². The molecule has 20 heavy (non-hydrogen) atoms. The third kappa shape index (κ3) is 4.35. The molecule has 0 radical (unpaired) electrons. The quantitative estimate of drug-likeness (QED) is 0.932. The molecule has 6 heteroatoms. The van der Waals surface area contributed by atoms with E-state index in [0.717, 1.165) is 13.1 Å². The molecule has 1 N–H and O–H groups in total. The van der Waals surface area contributed by atoms with E-state index in [1.807, 2.05) is 13.8 Å². The van der Waals surface area contributed by atoms with E-state index in [1.165, 1.54) is 0 Å². The van der Waals surface area contributed by atoms with Crippen molar-refractivity contribution in [2.45, 2.75) is 26.1 Å². The Balaban J connectivity index is 1.92. The SMILES string of the molecule is C[C@H]1CN(CC(=O)Nc2ccc(Cl)cc2Cl)C[C@H](C)O1. The van der Waals surface area contributed by atoms with Gasteiger partial charge in [-0.3, -0.25) is 9.69 Å². The average molecular weight is 317 g/mol. The van der Waals surface area contributed by atoms with Gasteiger partial charge in [0, 0.05) is 18.1 Å². The summed E-state index contributed by atoms with van der Waals surface area (Å²) in [4.78, 5) is 14.1. The van der Waals surface area contributed by atoms with E-state index < -0.39 is 0 Å². The Morgan fingerprint density at radius 1 is 1.35 bits per heavy atom. The lowest BCUT2D eigenvalue weighted by atomic mass is 10.2. The van der Waals surface area contributed by atoms with Crippen molar-refractivity contribution in [3.8, 4) is 0 Å². The molecule has 1 heterocycles. The Bertz CT molecular complexity index is 486. The number of anilines is 1. The fourth-order valence-corrected chi connectivity index (χ4v) is 2.85. The number of carbonyl (C=O) groups excluding carboxylic acids is 1. The predicted molar refractivity (Wildman–Crippen MR) is 81.5 cm³/mol. The first kappa shape index (κ1) is 15.6. The molecular formula is C14H18Cl2N2O2. The monoisotopic (exact) mass is 316 g/mol. The highest BCUT2D eigenvalue weighted by molar-refractivity contribution is 6.36. The van der Waals surface area contributed by atoms with E-state index in [0.29, 0.717) is 22.3 Å². The third-order valence-electron chi connectivity index (χ3n) is 3.07. The minimum atomic E-state index is -0.0875. The summed E-state index contributed by atoms with van der Waals surface area (Å²) in [6, 6.07) is 5.01. The topological polar surface area (TPSA) is 41.6 Å². The van der Waals surface area contributed by atoms with Crippen molar-refractivity contribution in [3.05, 3.63) is 28.2 Å². The van der Waals surface area contributed by atoms with E-state index in [9.17, 15) is 4.79 Å². The fourth-order valence-electron chi connectivity index (χ4n) is 2.40. The number of amides is 1. The maximum atomic E-state index is 12.0. The van der Waals surface area contributed by atoms with E-state index in [1.54, 1.807) is 18.2 Å². The number of halogens is 2. The van der Waals surface area contributed by atoms with Gasteiger partial charge in [0.25, 0.3) is 0 Å². The summed E-state index contributed by atoms with van der Waals surface area (Å²) in [6.45, 7) is 5.86. The van der Waals surface area contributed by atoms with Gasteiger partial charge in [0.2, 0.25) is 5.91 Å². The molecule has 1 saturated heterocycles. The van der Waals surface area contributed by atoms with Crippen LogP contribution in [0.4, 0.5) is 5.69 Å². The Hall–Kier alpha value is -0.810. The van der Waals surface area contributed by atoms with Crippen LogP contribution in [0.15, 0.2) is 18.2 Å². The first-order valence-corrected chi connectivity index (χ1v) is 7.32. The van der Waals surface area contributed by atoms with Gasteiger partial charge >= 0.3 is 0 Å². The molecule has 2 rings (SSSR count). The standard InChI is InChI=1S/C14H18Cl2N2O2/c1-9-6-18(7-10(2)20-9)8-14(19)17-13-4-3-11(15)5-12(13)16/h3-5,9-10H,6-8H2,1-2H3,(H,17,19)/t9-,10-/m0/s1. The lowest BCUT2D eigenvalue weighted by molar-refractivity contribution is -0.121. The molecule has 0 unspecified atom stereocenters. The summed E-state index contributed by atoms with van der Waals surface area (Å²) in [5.74, 6) is -0.0875. The molecule has 1 fully saturated rings. The van der Waals surface area contributed by atoms with Crippen molar-refractivity contribution in [1.29, 1.82) is 0 Å². The highest BCUT2D eigenvalue weighted by Gasteiger charge is 2.23. The van der Waals surface area contributed by atoms with Crippen LogP contribution in [-0.2, 0) is 9.53 Å². The summed E-state index contributed by atoms with van der Waals surface area (Å²) >= 11 is 11.9. The van der Waals surface area contributed by atoms with Crippen molar-refractivity contribution in [1.82, 2.24) is 4.90 Å². The van der Waals surface area contributed by atoms with Gasteiger partial charge in [0.15, 0.2) is 0 Å². The van der Waals surface area contributed by atoms with Crippen LogP contribution in [0.25, 0.3) is 0 Å². The molecule has 1 aromatic rings. The summed E-state index contributed by atoms with van der Waals surface area (Å²) in [6.07, 6.45) is 0.288. The zero-order valence-electron chi connectivity index (χ0n) is 11.5. The highest BCUT2D eigenvalue weighted by Crippen LogP contribution is 2.25. The van der Waals surface area contributed by atoms with Crippen LogP contribution in [0.3, 0.4) is 0 Å². The van der Waals surface area contributed by atoms with Gasteiger partial charge < -0.3 is 10.1 Å². The second kappa shape index (κ2) is 6.76. The minimum Gasteiger partial charge on any atom is -0.373 e. The molecular weight excluding hydrogens is 299 g/mol. The van der Waals surface area contributed by atoms with E-state index >= 15 is 0 Å². The molecule has 1 aliphatic heterocycles. The summed E-state index contributed by atoms with van der Waals surface area (Å²) in [5.41, 5.74) is 0.579. The molecule has 0 aromatic heterocycles. The zero-order valence-corrected chi connectivity index (χ0v) is 13.0. The van der Waals surface area contributed by atoms with Gasteiger partial charge in [-0.2, -0.15) is 0 Å². The number of carbonyl (C=O) groups is 1. The van der Waals surface area contributed by atoms with Crippen LogP contribution in [-0.4, -0.2) is 42.6 Å². The first-order valence-electron chi connectivity index (χ1n) is 6.56. The molecule has 2 atom stereocenters. The summed E-state index contributed by atoms with van der Waals surface area (Å²) < 4.78 is 5.64. The number of benzene rings is 1. The van der Waals surface area contributed by atoms with Gasteiger partial charge in [-0.15, -0.1) is 0 Å². The number of nitrogens with zero attached hydrogens (tertiary/aromatic N) is 1. The molecule has 0 saturated carbocycles. The van der Waals surface area contributed by atoms with Crippen LogP contribution in [0.2, 0.25) is 10.0 Å². The number of ether oxygens (including phenoxy) is 1. The summed E-state index contributed by atoms with van der Waals surface area (Å²) in [5, 5.41) is 3.79. The largest absolute Gasteiger partial charge is 0.373 e. The average Bonchev–Trinajstić information content (AvgIpc) is 2.31. The van der Waals surface area contributed by atoms with E-state index in [-0.39, 0.29) is 18.1 Å². The Kier molecular flexibility index (Phi) is 5.27. The number of hydrogen-bond donors (Lipinski definition) is 1. The normalized spacial score (nSPS) is 23.6. The lowest BCUT2D eigenvalue weighted by Crippen LogP contribution is -2.48. The Morgan fingerprint density at radius 3 is 2.60 bits per heavy atom. The summed E-state index contributed by atoms with van der Waals surface area (Å²) in [7, 11) is 0. The maximum Gasteiger partial charge on any atom is 0.238 e. The fraction of sp³-hybridized carbons (Fsp3) is 0.500. The second-order valence-electron chi connectivity index (χ2n) is 5.12. The van der Waals surface area contributed by atoms with Crippen molar-refractivity contribution >= 4 is 34.8 Å². The maximum absolute atomic E-state index is 12.0. The van der Waals surface area contributed by atoms with Gasteiger partial charge in [-0.25, -0.2) is 0 Å². The second-order valence-corrected chi connectivity index (χ2v) is 5.97. The van der Waals surface area contributed by atoms with E-state index in [4.69, 9.17) is 27.9 Å². The van der Waals surface area contributed by atoms with Crippen LogP contribution in [0.5, 0.6) is 0 Å². The molecule has 110 valence electrons. The van der Waals surface area contributed by atoms with Crippen LogP contribution in [0.1, 0.15) is 13.8 Å². The van der Waals surface area contributed by atoms with Gasteiger partial charge in [0.1, 0.15) is 0 Å². The number of rotatable bonds is 3. The molecule has 0 bridgehead atoms. The highest BCUT2D eigenvalue weighted by atomic mass is 35.5. The molecule has 1 amide bonds. The number of morpholine rings is 1. The zero-order chi connectivity index (χ0) is 14.7. The molecule has 1 aliphatic rings. The first-order chi connectivity index (χ1) is 9.44. The van der Waals surface area contributed by atoms with E-state index in [2.05, 4.69) is 10.2 Å². The minimum absolute atomic E-state index is 0.0875. The third-order valence-corrected chi connectivity index (χ3v) is 3.62. The molecule has 0 spiro atoms. The van der Waals surface area contributed by atoms with Gasteiger partial charge in [-0.05, 0) is 32.0 Å². The van der Waals surface area contributed by atoms with Crippen LogP contribution < -0.4 is 5.32 Å². The number of nitrogens with one attached hydrogen (secondary N) is 1. The Labute approximate surface area is 129 Å². The van der Waals surface area contributed by atoms with Crippen LogP contribution >= 0.6 is 23.2 Å². The van der Waals surface area contributed by atoms with Crippen molar-refractivity contribution < 1.29 is 9.53 Å². The molecule has 4 nitrogen and oxygen atoms in total. The van der Waals surface area contributed by atoms with Gasteiger partial charge in [-0.1, -0.05) is 23.2 Å². The smallest absolute Gasteiger partial charge is 0.238 e. The Morgan fingerprint density at radius 2 is 2.00 bits per heavy atom. The van der Waals surface area contributed by atoms with Gasteiger partial charge in [0.05, 0.1) is 29.5 Å². The van der Waals surface area contributed by atoms with Crippen molar-refractivity contribution in [2.24, 2.45) is 0 Å². The van der Waals surface area contributed by atoms with Crippen LogP contribution in [0, 0.1) is 0 Å².